The minimum Gasteiger partial charge on any atom is -0.264 e. The smallest absolute Gasteiger partial charge is 0.0830 e. The molecule has 1 aromatic carbocycles. The third kappa shape index (κ3) is 2.20. The van der Waals surface area contributed by atoms with Crippen LogP contribution >= 0.6 is 31.9 Å². The van der Waals surface area contributed by atoms with Crippen LogP contribution in [-0.4, -0.2) is 9.78 Å². The van der Waals surface area contributed by atoms with Crippen LogP contribution in [0, 0.1) is 13.8 Å². The van der Waals surface area contributed by atoms with E-state index in [9.17, 15) is 0 Å². The first kappa shape index (κ1) is 12.8. The number of halogens is 2. The van der Waals surface area contributed by atoms with E-state index in [-0.39, 0.29) is 0 Å². The van der Waals surface area contributed by atoms with Gasteiger partial charge in [0.15, 0.2) is 0 Å². The van der Waals surface area contributed by atoms with Crippen molar-refractivity contribution in [3.8, 4) is 11.3 Å². The lowest BCUT2D eigenvalue weighted by atomic mass is 10.1. The zero-order valence-corrected chi connectivity index (χ0v) is 13.3. The van der Waals surface area contributed by atoms with Gasteiger partial charge in [-0.1, -0.05) is 28.1 Å². The van der Waals surface area contributed by atoms with E-state index >= 15 is 0 Å². The summed E-state index contributed by atoms with van der Waals surface area (Å²) in [5.74, 6) is 0. The predicted octanol–water partition coefficient (Wildman–Crippen LogP) is 4.71. The molecule has 0 bridgehead atoms. The summed E-state index contributed by atoms with van der Waals surface area (Å²) >= 11 is 7.21. The van der Waals surface area contributed by atoms with E-state index < -0.39 is 0 Å². The maximum absolute atomic E-state index is 4.53. The van der Waals surface area contributed by atoms with Crippen LogP contribution in [-0.2, 0) is 6.54 Å². The van der Waals surface area contributed by atoms with Gasteiger partial charge in [-0.15, -0.1) is 0 Å². The molecular weight excluding hydrogens is 344 g/mol. The Labute approximate surface area is 118 Å². The minimum atomic E-state index is 0.869. The van der Waals surface area contributed by atoms with Crippen LogP contribution in [0.15, 0.2) is 27.1 Å². The van der Waals surface area contributed by atoms with Crippen molar-refractivity contribution in [1.82, 2.24) is 9.78 Å². The first-order chi connectivity index (χ1) is 8.06. The Morgan fingerprint density at radius 2 is 1.94 bits per heavy atom. The highest BCUT2D eigenvalue weighted by Gasteiger charge is 2.16. The first-order valence-electron chi connectivity index (χ1n) is 5.54. The topological polar surface area (TPSA) is 17.8 Å². The fraction of sp³-hybridized carbons (Fsp3) is 0.308. The molecule has 0 aliphatic rings. The molecule has 0 amide bonds. The number of hydrogen-bond acceptors (Lipinski definition) is 1. The summed E-state index contributed by atoms with van der Waals surface area (Å²) < 4.78 is 4.25. The van der Waals surface area contributed by atoms with E-state index in [1.54, 1.807) is 0 Å². The fourth-order valence-corrected chi connectivity index (χ4v) is 2.77. The van der Waals surface area contributed by atoms with E-state index in [0.29, 0.717) is 0 Å². The summed E-state index contributed by atoms with van der Waals surface area (Å²) in [5.41, 5.74) is 4.64. The second kappa shape index (κ2) is 4.94. The molecular formula is C13H14Br2N2. The quantitative estimate of drug-likeness (QED) is 0.760. The minimum absolute atomic E-state index is 0.869. The van der Waals surface area contributed by atoms with Crippen molar-refractivity contribution in [2.24, 2.45) is 0 Å². The first-order valence-corrected chi connectivity index (χ1v) is 7.13. The number of aryl methyl sites for hydroxylation is 2. The Hall–Kier alpha value is -0.610. The summed E-state index contributed by atoms with van der Waals surface area (Å²) in [6.07, 6.45) is 0. The van der Waals surface area contributed by atoms with Crippen molar-refractivity contribution in [2.45, 2.75) is 27.3 Å². The molecule has 1 aromatic heterocycles. The summed E-state index contributed by atoms with van der Waals surface area (Å²) in [7, 11) is 0. The molecule has 0 saturated carbocycles. The summed E-state index contributed by atoms with van der Waals surface area (Å²) in [4.78, 5) is 0. The third-order valence-corrected chi connectivity index (χ3v) is 4.69. The molecule has 0 aliphatic carbocycles. The molecule has 4 heteroatoms. The van der Waals surface area contributed by atoms with Gasteiger partial charge in [-0.05, 0) is 48.3 Å². The maximum atomic E-state index is 4.53. The van der Waals surface area contributed by atoms with E-state index in [1.165, 1.54) is 11.1 Å². The fourth-order valence-electron chi connectivity index (χ4n) is 1.91. The highest BCUT2D eigenvalue weighted by molar-refractivity contribution is 9.11. The summed E-state index contributed by atoms with van der Waals surface area (Å²) in [6.45, 7) is 7.12. The molecule has 2 aromatic rings. The number of rotatable bonds is 2. The van der Waals surface area contributed by atoms with Crippen molar-refractivity contribution < 1.29 is 0 Å². The Morgan fingerprint density at radius 1 is 1.24 bits per heavy atom. The maximum Gasteiger partial charge on any atom is 0.0830 e. The molecule has 0 fully saturated rings. The average molecular weight is 358 g/mol. The molecule has 0 saturated heterocycles. The van der Waals surface area contributed by atoms with Gasteiger partial charge in [0, 0.05) is 16.6 Å². The number of aromatic nitrogens is 2. The number of hydrogen-bond donors (Lipinski definition) is 0. The predicted molar refractivity (Wildman–Crippen MR) is 78.2 cm³/mol. The molecule has 0 N–H and O–H groups in total. The average Bonchev–Trinajstić information content (AvgIpc) is 2.59. The highest BCUT2D eigenvalue weighted by atomic mass is 79.9. The Bertz CT molecular complexity index is 559. The number of benzene rings is 1. The van der Waals surface area contributed by atoms with Crippen LogP contribution in [0.4, 0.5) is 0 Å². The molecule has 0 atom stereocenters. The zero-order valence-electron chi connectivity index (χ0n) is 10.1. The van der Waals surface area contributed by atoms with E-state index in [1.807, 2.05) is 11.6 Å². The van der Waals surface area contributed by atoms with Crippen molar-refractivity contribution in [2.75, 3.05) is 0 Å². The molecule has 17 heavy (non-hydrogen) atoms. The number of nitrogens with zero attached hydrogens (tertiary/aromatic N) is 2. The molecule has 1 heterocycles. The molecule has 0 spiro atoms. The monoisotopic (exact) mass is 356 g/mol. The molecule has 0 unspecified atom stereocenters. The summed E-state index contributed by atoms with van der Waals surface area (Å²) in [5, 5.41) is 4.53. The highest BCUT2D eigenvalue weighted by Crippen LogP contribution is 2.35. The second-order valence-electron chi connectivity index (χ2n) is 3.98. The lowest BCUT2D eigenvalue weighted by Crippen LogP contribution is -2.00. The lowest BCUT2D eigenvalue weighted by Gasteiger charge is -2.10. The zero-order chi connectivity index (χ0) is 12.6. The van der Waals surface area contributed by atoms with E-state index in [0.717, 1.165) is 26.9 Å². The van der Waals surface area contributed by atoms with Crippen molar-refractivity contribution >= 4 is 31.9 Å². The molecule has 2 rings (SSSR count). The third-order valence-electron chi connectivity index (χ3n) is 2.88. The van der Waals surface area contributed by atoms with Gasteiger partial charge in [0.1, 0.15) is 0 Å². The Balaban J connectivity index is 2.72. The Kier molecular flexibility index (Phi) is 3.73. The second-order valence-corrected chi connectivity index (χ2v) is 5.62. The summed E-state index contributed by atoms with van der Waals surface area (Å²) in [6, 6.07) is 6.25. The van der Waals surface area contributed by atoms with E-state index in [2.05, 4.69) is 69.0 Å². The molecule has 0 aliphatic heterocycles. The van der Waals surface area contributed by atoms with Crippen LogP contribution in [0.2, 0.25) is 0 Å². The van der Waals surface area contributed by atoms with E-state index in [4.69, 9.17) is 0 Å². The van der Waals surface area contributed by atoms with Crippen LogP contribution in [0.1, 0.15) is 18.2 Å². The SMILES string of the molecule is CCn1nc(C)c(Br)c1-c1cccc(Br)c1C. The van der Waals surface area contributed by atoms with Crippen LogP contribution < -0.4 is 0 Å². The van der Waals surface area contributed by atoms with Gasteiger partial charge in [0.2, 0.25) is 0 Å². The molecule has 0 radical (unpaired) electrons. The van der Waals surface area contributed by atoms with Crippen molar-refractivity contribution in [1.29, 1.82) is 0 Å². The van der Waals surface area contributed by atoms with Crippen LogP contribution in [0.3, 0.4) is 0 Å². The van der Waals surface area contributed by atoms with Crippen LogP contribution in [0.25, 0.3) is 11.3 Å². The lowest BCUT2D eigenvalue weighted by molar-refractivity contribution is 0.660. The van der Waals surface area contributed by atoms with Gasteiger partial charge in [-0.3, -0.25) is 4.68 Å². The van der Waals surface area contributed by atoms with Gasteiger partial charge in [0.05, 0.1) is 15.9 Å². The van der Waals surface area contributed by atoms with Gasteiger partial charge in [0.25, 0.3) is 0 Å². The largest absolute Gasteiger partial charge is 0.264 e. The van der Waals surface area contributed by atoms with Gasteiger partial charge < -0.3 is 0 Å². The van der Waals surface area contributed by atoms with Crippen molar-refractivity contribution in [3.63, 3.8) is 0 Å². The standard InChI is InChI=1S/C13H14Br2N2/c1-4-17-13(12(15)9(3)16-17)10-6-5-7-11(14)8(10)2/h5-7H,4H2,1-3H3. The van der Waals surface area contributed by atoms with Crippen LogP contribution in [0.5, 0.6) is 0 Å². The van der Waals surface area contributed by atoms with Crippen molar-refractivity contribution in [3.05, 3.63) is 38.4 Å². The van der Waals surface area contributed by atoms with Gasteiger partial charge in [-0.25, -0.2) is 0 Å². The normalized spacial score (nSPS) is 10.9. The van der Waals surface area contributed by atoms with Gasteiger partial charge in [-0.2, -0.15) is 5.10 Å². The Morgan fingerprint density at radius 3 is 2.59 bits per heavy atom. The molecule has 90 valence electrons. The molecule has 2 nitrogen and oxygen atoms in total. The van der Waals surface area contributed by atoms with Gasteiger partial charge >= 0.3 is 0 Å².